The lowest BCUT2D eigenvalue weighted by atomic mass is 9.95. The first kappa shape index (κ1) is 15.3. The summed E-state index contributed by atoms with van der Waals surface area (Å²) >= 11 is 0. The van der Waals surface area contributed by atoms with Gasteiger partial charge < -0.3 is 15.0 Å². The van der Waals surface area contributed by atoms with Gasteiger partial charge in [0.05, 0.1) is 24.4 Å². The van der Waals surface area contributed by atoms with E-state index in [1.807, 2.05) is 12.1 Å². The molecule has 0 saturated carbocycles. The molecular formula is C17H26N4O. The number of para-hydroxylation sites is 1. The van der Waals surface area contributed by atoms with Gasteiger partial charge in [-0.3, -0.25) is 4.90 Å². The average Bonchev–Trinajstić information content (AvgIpc) is 2.86. The molecule has 1 saturated heterocycles. The Balaban J connectivity index is 1.93. The van der Waals surface area contributed by atoms with E-state index in [-0.39, 0.29) is 5.41 Å². The zero-order valence-electron chi connectivity index (χ0n) is 13.8. The smallest absolute Gasteiger partial charge is 0.115 e. The molecule has 2 N–H and O–H groups in total. The third kappa shape index (κ3) is 2.96. The van der Waals surface area contributed by atoms with Gasteiger partial charge in [-0.25, -0.2) is 4.98 Å². The molecule has 5 heteroatoms. The third-order valence-corrected chi connectivity index (χ3v) is 4.22. The van der Waals surface area contributed by atoms with E-state index in [1.54, 1.807) is 0 Å². The molecule has 2 heterocycles. The van der Waals surface area contributed by atoms with Crippen LogP contribution < -0.4 is 5.73 Å². The molecule has 3 rings (SSSR count). The summed E-state index contributed by atoms with van der Waals surface area (Å²) < 4.78 is 7.76. The molecule has 0 aliphatic carbocycles. The summed E-state index contributed by atoms with van der Waals surface area (Å²) in [5, 5.41) is 0. The van der Waals surface area contributed by atoms with Crippen molar-refractivity contribution >= 4 is 16.7 Å². The minimum Gasteiger partial charge on any atom is -0.397 e. The highest BCUT2D eigenvalue weighted by Gasteiger charge is 2.24. The maximum Gasteiger partial charge on any atom is 0.115 e. The fourth-order valence-electron chi connectivity index (χ4n) is 3.03. The molecule has 2 aromatic rings. The second-order valence-corrected chi connectivity index (χ2v) is 7.01. The number of ether oxygens (including phenoxy) is 1. The van der Waals surface area contributed by atoms with E-state index in [0.717, 1.165) is 61.9 Å². The number of fused-ring (bicyclic) bond motifs is 1. The molecule has 1 aliphatic heterocycles. The maximum atomic E-state index is 6.12. The van der Waals surface area contributed by atoms with Crippen molar-refractivity contribution in [1.82, 2.24) is 14.5 Å². The number of nitrogens with zero attached hydrogens (tertiary/aromatic N) is 3. The predicted molar refractivity (Wildman–Crippen MR) is 90.1 cm³/mol. The average molecular weight is 302 g/mol. The molecule has 22 heavy (non-hydrogen) atoms. The molecule has 0 radical (unpaired) electrons. The molecule has 0 atom stereocenters. The summed E-state index contributed by atoms with van der Waals surface area (Å²) in [5.41, 5.74) is 8.93. The van der Waals surface area contributed by atoms with Crippen molar-refractivity contribution in [3.8, 4) is 0 Å². The summed E-state index contributed by atoms with van der Waals surface area (Å²) in [4.78, 5) is 7.29. The van der Waals surface area contributed by atoms with Crippen molar-refractivity contribution in [3.05, 3.63) is 24.0 Å². The van der Waals surface area contributed by atoms with E-state index < -0.39 is 0 Å². The van der Waals surface area contributed by atoms with Gasteiger partial charge in [0.15, 0.2) is 0 Å². The quantitative estimate of drug-likeness (QED) is 0.884. The van der Waals surface area contributed by atoms with Crippen LogP contribution in [0.1, 0.15) is 26.6 Å². The second kappa shape index (κ2) is 5.89. The summed E-state index contributed by atoms with van der Waals surface area (Å²) in [5.74, 6) is 1.11. The van der Waals surface area contributed by atoms with E-state index >= 15 is 0 Å². The first-order chi connectivity index (χ1) is 10.5. The van der Waals surface area contributed by atoms with Crippen molar-refractivity contribution in [1.29, 1.82) is 0 Å². The zero-order valence-corrected chi connectivity index (χ0v) is 13.8. The Morgan fingerprint density at radius 2 is 1.91 bits per heavy atom. The second-order valence-electron chi connectivity index (χ2n) is 7.01. The fourth-order valence-corrected chi connectivity index (χ4v) is 3.03. The lowest BCUT2D eigenvalue weighted by Crippen LogP contribution is -2.38. The molecule has 0 unspecified atom stereocenters. The molecule has 1 fully saturated rings. The van der Waals surface area contributed by atoms with Crippen molar-refractivity contribution < 1.29 is 4.74 Å². The monoisotopic (exact) mass is 302 g/mol. The number of imidazole rings is 1. The van der Waals surface area contributed by atoms with Gasteiger partial charge in [0.25, 0.3) is 0 Å². The zero-order chi connectivity index (χ0) is 15.7. The number of morpholine rings is 1. The van der Waals surface area contributed by atoms with Crippen LogP contribution in [0.4, 0.5) is 5.69 Å². The Hall–Kier alpha value is -1.59. The van der Waals surface area contributed by atoms with Crippen LogP contribution in [0, 0.1) is 0 Å². The number of hydrogen-bond acceptors (Lipinski definition) is 4. The molecule has 1 aromatic heterocycles. The van der Waals surface area contributed by atoms with Gasteiger partial charge in [0.2, 0.25) is 0 Å². The van der Waals surface area contributed by atoms with Crippen molar-refractivity contribution in [2.45, 2.75) is 32.7 Å². The maximum absolute atomic E-state index is 6.12. The van der Waals surface area contributed by atoms with E-state index in [0.29, 0.717) is 0 Å². The number of nitrogens with two attached hydrogens (primary N) is 1. The Morgan fingerprint density at radius 1 is 1.18 bits per heavy atom. The number of benzene rings is 1. The number of hydrogen-bond donors (Lipinski definition) is 1. The van der Waals surface area contributed by atoms with Gasteiger partial charge in [-0.05, 0) is 12.1 Å². The third-order valence-electron chi connectivity index (χ3n) is 4.22. The fraction of sp³-hybridized carbons (Fsp3) is 0.588. The summed E-state index contributed by atoms with van der Waals surface area (Å²) in [6.07, 6.45) is 0. The molecular weight excluding hydrogens is 276 g/mol. The van der Waals surface area contributed by atoms with Crippen LogP contribution in [-0.4, -0.2) is 47.3 Å². The van der Waals surface area contributed by atoms with Crippen molar-refractivity contribution in [2.75, 3.05) is 38.6 Å². The molecule has 1 aliphatic rings. The van der Waals surface area contributed by atoms with Crippen LogP contribution in [0.5, 0.6) is 0 Å². The topological polar surface area (TPSA) is 56.3 Å². The lowest BCUT2D eigenvalue weighted by Gasteiger charge is -2.28. The highest BCUT2D eigenvalue weighted by Crippen LogP contribution is 2.29. The van der Waals surface area contributed by atoms with Gasteiger partial charge in [-0.1, -0.05) is 26.8 Å². The van der Waals surface area contributed by atoms with E-state index in [9.17, 15) is 0 Å². The number of rotatable bonds is 3. The lowest BCUT2D eigenvalue weighted by molar-refractivity contribution is 0.0363. The number of nitrogen functional groups attached to an aromatic ring is 1. The molecule has 1 aromatic carbocycles. The molecule has 0 bridgehead atoms. The molecule has 5 nitrogen and oxygen atoms in total. The van der Waals surface area contributed by atoms with Crippen LogP contribution in [0.3, 0.4) is 0 Å². The summed E-state index contributed by atoms with van der Waals surface area (Å²) in [6, 6.07) is 6.05. The van der Waals surface area contributed by atoms with Crippen molar-refractivity contribution in [3.63, 3.8) is 0 Å². The predicted octanol–water partition coefficient (Wildman–Crippen LogP) is 2.25. The molecule has 120 valence electrons. The highest BCUT2D eigenvalue weighted by molar-refractivity contribution is 5.87. The van der Waals surface area contributed by atoms with Crippen molar-refractivity contribution in [2.24, 2.45) is 0 Å². The Kier molecular flexibility index (Phi) is 4.10. The van der Waals surface area contributed by atoms with E-state index in [2.05, 4.69) is 36.3 Å². The SMILES string of the molecule is CC(C)(C)c1nc2c(N)cccc2n1CCN1CCOCC1. The Bertz CT molecular complexity index is 650. The van der Waals surface area contributed by atoms with Gasteiger partial charge in [-0.2, -0.15) is 0 Å². The highest BCUT2D eigenvalue weighted by atomic mass is 16.5. The minimum absolute atomic E-state index is 0.00350. The van der Waals surface area contributed by atoms with Crippen LogP contribution >= 0.6 is 0 Å². The van der Waals surface area contributed by atoms with Gasteiger partial charge in [0.1, 0.15) is 11.3 Å². The number of anilines is 1. The molecule has 0 spiro atoms. The van der Waals surface area contributed by atoms with E-state index in [1.165, 1.54) is 0 Å². The largest absolute Gasteiger partial charge is 0.397 e. The number of aromatic nitrogens is 2. The van der Waals surface area contributed by atoms with Gasteiger partial charge >= 0.3 is 0 Å². The normalized spacial score (nSPS) is 17.2. The van der Waals surface area contributed by atoms with Crippen LogP contribution in [0.2, 0.25) is 0 Å². The van der Waals surface area contributed by atoms with Crippen LogP contribution in [0.15, 0.2) is 18.2 Å². The standard InChI is InChI=1S/C17H26N4O/c1-17(2,3)16-19-15-13(18)5-4-6-14(15)21(16)8-7-20-9-11-22-12-10-20/h4-6H,7-12,18H2,1-3H3. The Morgan fingerprint density at radius 3 is 2.59 bits per heavy atom. The van der Waals surface area contributed by atoms with E-state index in [4.69, 9.17) is 15.5 Å². The minimum atomic E-state index is -0.00350. The van der Waals surface area contributed by atoms with Crippen LogP contribution in [0.25, 0.3) is 11.0 Å². The summed E-state index contributed by atoms with van der Waals surface area (Å²) in [7, 11) is 0. The van der Waals surface area contributed by atoms with Gasteiger partial charge in [0, 0.05) is 31.6 Å². The molecule has 0 amide bonds. The Labute approximate surface area is 132 Å². The summed E-state index contributed by atoms with van der Waals surface area (Å²) in [6.45, 7) is 12.3. The van der Waals surface area contributed by atoms with Gasteiger partial charge in [-0.15, -0.1) is 0 Å². The van der Waals surface area contributed by atoms with Crippen LogP contribution in [-0.2, 0) is 16.7 Å². The first-order valence-electron chi connectivity index (χ1n) is 8.02. The first-order valence-corrected chi connectivity index (χ1v) is 8.02.